The summed E-state index contributed by atoms with van der Waals surface area (Å²) in [6, 6.07) is 1.72. The second kappa shape index (κ2) is 9.89. The van der Waals surface area contributed by atoms with Crippen LogP contribution >= 0.6 is 0 Å². The molecule has 1 aliphatic carbocycles. The number of nitrogens with one attached hydrogen (secondary N) is 2. The average Bonchev–Trinajstić information content (AvgIpc) is 3.36. The van der Waals surface area contributed by atoms with E-state index in [9.17, 15) is 14.4 Å². The SMILES string of the molecule is Cc1cc(CNC(=O)[C@@H]2CCC[C@@H](NC(=O)C3CCCC3)CN(C)C(=O)C2)no1. The normalized spacial score (nSPS) is 23.9. The van der Waals surface area contributed by atoms with Crippen LogP contribution in [-0.2, 0) is 20.9 Å². The zero-order valence-electron chi connectivity index (χ0n) is 17.4. The molecular weight excluding hydrogens is 372 g/mol. The molecule has 1 aromatic heterocycles. The molecule has 29 heavy (non-hydrogen) atoms. The highest BCUT2D eigenvalue weighted by Gasteiger charge is 2.29. The Hall–Kier alpha value is -2.38. The van der Waals surface area contributed by atoms with Gasteiger partial charge in [0.15, 0.2) is 0 Å². The van der Waals surface area contributed by atoms with Crippen LogP contribution in [0.25, 0.3) is 0 Å². The number of hydrogen-bond acceptors (Lipinski definition) is 5. The van der Waals surface area contributed by atoms with Gasteiger partial charge in [0.25, 0.3) is 0 Å². The molecule has 1 aliphatic heterocycles. The predicted molar refractivity (Wildman–Crippen MR) is 107 cm³/mol. The first-order chi connectivity index (χ1) is 13.9. The summed E-state index contributed by atoms with van der Waals surface area (Å²) in [5.41, 5.74) is 0.664. The lowest BCUT2D eigenvalue weighted by atomic mass is 9.96. The molecule has 0 unspecified atom stereocenters. The fraction of sp³-hybridized carbons (Fsp3) is 0.714. The summed E-state index contributed by atoms with van der Waals surface area (Å²) in [6.07, 6.45) is 6.52. The molecule has 0 aromatic carbocycles. The first-order valence-electron chi connectivity index (χ1n) is 10.7. The maximum absolute atomic E-state index is 12.6. The van der Waals surface area contributed by atoms with Crippen molar-refractivity contribution in [3.8, 4) is 0 Å². The van der Waals surface area contributed by atoms with E-state index in [2.05, 4.69) is 15.8 Å². The van der Waals surface area contributed by atoms with E-state index in [4.69, 9.17) is 4.52 Å². The van der Waals surface area contributed by atoms with Gasteiger partial charge < -0.3 is 20.1 Å². The predicted octanol–water partition coefficient (Wildman–Crippen LogP) is 1.92. The number of aryl methyl sites for hydroxylation is 1. The second-order valence-electron chi connectivity index (χ2n) is 8.44. The van der Waals surface area contributed by atoms with Crippen LogP contribution in [0.15, 0.2) is 10.6 Å². The van der Waals surface area contributed by atoms with E-state index in [0.29, 0.717) is 24.4 Å². The van der Waals surface area contributed by atoms with E-state index >= 15 is 0 Å². The number of carbonyl (C=O) groups is 3. The molecule has 0 bridgehead atoms. The molecule has 0 radical (unpaired) electrons. The van der Waals surface area contributed by atoms with Gasteiger partial charge in [-0.2, -0.15) is 0 Å². The fourth-order valence-corrected chi connectivity index (χ4v) is 4.27. The maximum atomic E-state index is 12.6. The minimum atomic E-state index is -0.373. The Morgan fingerprint density at radius 3 is 2.55 bits per heavy atom. The third kappa shape index (κ3) is 6.05. The lowest BCUT2D eigenvalue weighted by molar-refractivity contribution is -0.135. The molecule has 3 rings (SSSR count). The van der Waals surface area contributed by atoms with Crippen molar-refractivity contribution in [2.45, 2.75) is 70.9 Å². The zero-order valence-corrected chi connectivity index (χ0v) is 17.4. The van der Waals surface area contributed by atoms with Gasteiger partial charge in [-0.25, -0.2) is 0 Å². The molecule has 1 saturated carbocycles. The number of carbonyl (C=O) groups excluding carboxylic acids is 3. The largest absolute Gasteiger partial charge is 0.361 e. The van der Waals surface area contributed by atoms with E-state index in [-0.39, 0.29) is 48.6 Å². The minimum Gasteiger partial charge on any atom is -0.361 e. The third-order valence-corrected chi connectivity index (χ3v) is 6.01. The molecule has 8 heteroatoms. The van der Waals surface area contributed by atoms with Gasteiger partial charge in [0.1, 0.15) is 11.5 Å². The quantitative estimate of drug-likeness (QED) is 0.780. The number of amides is 3. The van der Waals surface area contributed by atoms with Gasteiger partial charge in [0.2, 0.25) is 17.7 Å². The van der Waals surface area contributed by atoms with Crippen molar-refractivity contribution in [1.29, 1.82) is 0 Å². The molecule has 160 valence electrons. The highest BCUT2D eigenvalue weighted by atomic mass is 16.5. The van der Waals surface area contributed by atoms with Crippen LogP contribution in [-0.4, -0.2) is 47.4 Å². The first kappa shape index (κ1) is 21.3. The Labute approximate surface area is 171 Å². The van der Waals surface area contributed by atoms with Crippen molar-refractivity contribution in [1.82, 2.24) is 20.7 Å². The Morgan fingerprint density at radius 2 is 1.86 bits per heavy atom. The van der Waals surface area contributed by atoms with Gasteiger partial charge in [-0.15, -0.1) is 0 Å². The summed E-state index contributed by atoms with van der Waals surface area (Å²) >= 11 is 0. The summed E-state index contributed by atoms with van der Waals surface area (Å²) in [5.74, 6) is 0.346. The lowest BCUT2D eigenvalue weighted by Gasteiger charge is -2.25. The summed E-state index contributed by atoms with van der Waals surface area (Å²) in [4.78, 5) is 39.4. The third-order valence-electron chi connectivity index (χ3n) is 6.01. The number of aromatic nitrogens is 1. The Morgan fingerprint density at radius 1 is 1.14 bits per heavy atom. The van der Waals surface area contributed by atoms with Crippen molar-refractivity contribution in [3.05, 3.63) is 17.5 Å². The molecule has 2 atom stereocenters. The highest BCUT2D eigenvalue weighted by molar-refractivity contribution is 5.86. The van der Waals surface area contributed by atoms with Gasteiger partial charge in [0.05, 0.1) is 6.54 Å². The van der Waals surface area contributed by atoms with Crippen molar-refractivity contribution >= 4 is 17.7 Å². The number of hydrogen-bond donors (Lipinski definition) is 2. The van der Waals surface area contributed by atoms with Crippen LogP contribution < -0.4 is 10.6 Å². The molecule has 2 fully saturated rings. The van der Waals surface area contributed by atoms with Crippen molar-refractivity contribution in [3.63, 3.8) is 0 Å². The monoisotopic (exact) mass is 404 g/mol. The summed E-state index contributed by atoms with van der Waals surface area (Å²) < 4.78 is 5.01. The Bertz CT molecular complexity index is 726. The zero-order chi connectivity index (χ0) is 20.8. The lowest BCUT2D eigenvalue weighted by Crippen LogP contribution is -2.45. The standard InChI is InChI=1S/C21H32N4O4/c1-14-10-18(24-29-14)12-22-20(27)16-8-5-9-17(13-25(2)19(26)11-16)23-21(28)15-6-3-4-7-15/h10,15-17H,3-9,11-13H2,1-2H3,(H,22,27)(H,23,28)/t16-,17-/m1/s1. The van der Waals surface area contributed by atoms with Crippen LogP contribution in [0.5, 0.6) is 0 Å². The first-order valence-corrected chi connectivity index (χ1v) is 10.7. The van der Waals surface area contributed by atoms with E-state index in [0.717, 1.165) is 38.5 Å². The molecule has 1 aromatic rings. The summed E-state index contributed by atoms with van der Waals surface area (Å²) in [6.45, 7) is 2.58. The van der Waals surface area contributed by atoms with Crippen molar-refractivity contribution < 1.29 is 18.9 Å². The summed E-state index contributed by atoms with van der Waals surface area (Å²) in [7, 11) is 1.75. The smallest absolute Gasteiger partial charge is 0.223 e. The van der Waals surface area contributed by atoms with Gasteiger partial charge in [0, 0.05) is 44.0 Å². The molecule has 1 saturated heterocycles. The van der Waals surface area contributed by atoms with E-state index in [1.54, 1.807) is 24.9 Å². The van der Waals surface area contributed by atoms with E-state index in [1.807, 2.05) is 0 Å². The minimum absolute atomic E-state index is 0.0584. The fourth-order valence-electron chi connectivity index (χ4n) is 4.27. The molecule has 8 nitrogen and oxygen atoms in total. The molecule has 3 amide bonds. The van der Waals surface area contributed by atoms with Gasteiger partial charge in [-0.3, -0.25) is 14.4 Å². The van der Waals surface area contributed by atoms with Crippen LogP contribution in [0.2, 0.25) is 0 Å². The summed E-state index contributed by atoms with van der Waals surface area (Å²) in [5, 5.41) is 9.89. The molecular formula is C21H32N4O4. The Balaban J connectivity index is 1.54. The topological polar surface area (TPSA) is 105 Å². The number of nitrogens with zero attached hydrogens (tertiary/aromatic N) is 2. The molecule has 2 N–H and O–H groups in total. The number of likely N-dealkylation sites (N-methyl/N-ethyl adjacent to an activating group) is 1. The van der Waals surface area contributed by atoms with Crippen molar-refractivity contribution in [2.75, 3.05) is 13.6 Å². The Kier molecular flexibility index (Phi) is 7.28. The maximum Gasteiger partial charge on any atom is 0.223 e. The average molecular weight is 405 g/mol. The van der Waals surface area contributed by atoms with Gasteiger partial charge in [-0.05, 0) is 32.6 Å². The molecule has 2 aliphatic rings. The van der Waals surface area contributed by atoms with Gasteiger partial charge in [-0.1, -0.05) is 24.4 Å². The second-order valence-corrected chi connectivity index (χ2v) is 8.44. The van der Waals surface area contributed by atoms with Crippen LogP contribution in [0.3, 0.4) is 0 Å². The van der Waals surface area contributed by atoms with E-state index in [1.165, 1.54) is 0 Å². The van der Waals surface area contributed by atoms with Crippen LogP contribution in [0.4, 0.5) is 0 Å². The van der Waals surface area contributed by atoms with Crippen molar-refractivity contribution in [2.24, 2.45) is 11.8 Å². The molecule has 0 spiro atoms. The molecule has 2 heterocycles. The number of rotatable bonds is 5. The highest BCUT2D eigenvalue weighted by Crippen LogP contribution is 2.25. The van der Waals surface area contributed by atoms with Crippen LogP contribution in [0.1, 0.15) is 62.8 Å². The van der Waals surface area contributed by atoms with Crippen LogP contribution in [0, 0.1) is 18.8 Å². The van der Waals surface area contributed by atoms with Gasteiger partial charge >= 0.3 is 0 Å². The van der Waals surface area contributed by atoms with E-state index < -0.39 is 0 Å².